The maximum Gasteiger partial charge on any atom is 0.295 e. The molecule has 1 amide bonds. The Balaban J connectivity index is 1.46. The first-order chi connectivity index (χ1) is 13.5. The van der Waals surface area contributed by atoms with E-state index in [0.717, 1.165) is 19.3 Å². The van der Waals surface area contributed by atoms with Crippen LogP contribution in [0.2, 0.25) is 0 Å². The van der Waals surface area contributed by atoms with Crippen LogP contribution in [0.5, 0.6) is 0 Å². The molecule has 0 bridgehead atoms. The van der Waals surface area contributed by atoms with Crippen LogP contribution < -0.4 is 5.32 Å². The lowest BCUT2D eigenvalue weighted by Crippen LogP contribution is -2.44. The Morgan fingerprint density at radius 3 is 2.86 bits per heavy atom. The van der Waals surface area contributed by atoms with E-state index in [-0.39, 0.29) is 29.8 Å². The normalized spacial score (nSPS) is 24.8. The highest BCUT2D eigenvalue weighted by atomic mass is 19.3. The van der Waals surface area contributed by atoms with E-state index < -0.39 is 6.43 Å². The van der Waals surface area contributed by atoms with Crippen molar-refractivity contribution in [3.8, 4) is 0 Å². The number of fused-ring (bicyclic) bond motifs is 1. The van der Waals surface area contributed by atoms with Gasteiger partial charge in [-0.15, -0.1) is 0 Å². The van der Waals surface area contributed by atoms with Gasteiger partial charge in [-0.2, -0.15) is 0 Å². The molecule has 2 aromatic heterocycles. The van der Waals surface area contributed by atoms with Crippen LogP contribution in [0.25, 0.3) is 11.2 Å². The fraction of sp³-hybridized carbons (Fsp3) is 0.667. The van der Waals surface area contributed by atoms with Crippen molar-refractivity contribution in [3.05, 3.63) is 12.2 Å². The van der Waals surface area contributed by atoms with Gasteiger partial charge in [0.15, 0.2) is 22.8 Å². The highest BCUT2D eigenvalue weighted by Crippen LogP contribution is 2.33. The zero-order valence-electron chi connectivity index (χ0n) is 15.9. The van der Waals surface area contributed by atoms with Gasteiger partial charge in [-0.3, -0.25) is 4.79 Å². The molecule has 28 heavy (non-hydrogen) atoms. The van der Waals surface area contributed by atoms with Crippen molar-refractivity contribution in [1.82, 2.24) is 24.4 Å². The van der Waals surface area contributed by atoms with Crippen molar-refractivity contribution in [2.75, 3.05) is 25.5 Å². The summed E-state index contributed by atoms with van der Waals surface area (Å²) in [6.07, 6.45) is 1.19. The number of nitrogens with one attached hydrogen (secondary N) is 1. The van der Waals surface area contributed by atoms with Crippen LogP contribution in [0, 0.1) is 5.92 Å². The minimum absolute atomic E-state index is 0.00197. The van der Waals surface area contributed by atoms with E-state index in [0.29, 0.717) is 36.6 Å². The molecule has 152 valence electrons. The molecular weight excluding hydrogens is 370 g/mol. The number of imidazole rings is 1. The Hall–Kier alpha value is -2.36. The third kappa shape index (κ3) is 3.30. The molecule has 1 aliphatic carbocycles. The van der Waals surface area contributed by atoms with Crippen LogP contribution in [0.1, 0.15) is 38.4 Å². The van der Waals surface area contributed by atoms with E-state index >= 15 is 0 Å². The number of alkyl halides is 2. The van der Waals surface area contributed by atoms with Crippen LogP contribution >= 0.6 is 0 Å². The van der Waals surface area contributed by atoms with E-state index in [2.05, 4.69) is 20.3 Å². The first-order valence-corrected chi connectivity index (χ1v) is 9.59. The van der Waals surface area contributed by atoms with Crippen molar-refractivity contribution in [3.63, 3.8) is 0 Å². The number of amides is 1. The Bertz CT molecular complexity index is 867. The molecule has 0 spiro atoms. The molecule has 0 radical (unpaired) electrons. The van der Waals surface area contributed by atoms with Gasteiger partial charge in [0, 0.05) is 38.7 Å². The summed E-state index contributed by atoms with van der Waals surface area (Å²) in [4.78, 5) is 26.9. The number of hydrogen-bond donors (Lipinski definition) is 1. The van der Waals surface area contributed by atoms with Gasteiger partial charge in [0.1, 0.15) is 6.33 Å². The molecule has 4 rings (SSSR count). The molecule has 0 aromatic carbocycles. The van der Waals surface area contributed by atoms with Crippen molar-refractivity contribution in [2.24, 2.45) is 5.92 Å². The lowest BCUT2D eigenvalue weighted by atomic mass is 9.81. The van der Waals surface area contributed by atoms with E-state index in [1.165, 1.54) is 10.9 Å². The largest absolute Gasteiger partial charge is 0.381 e. The van der Waals surface area contributed by atoms with Gasteiger partial charge in [0.05, 0.1) is 6.10 Å². The van der Waals surface area contributed by atoms with Gasteiger partial charge in [-0.25, -0.2) is 23.7 Å². The van der Waals surface area contributed by atoms with Gasteiger partial charge >= 0.3 is 0 Å². The first kappa shape index (κ1) is 19.0. The molecule has 0 unspecified atom stereocenters. The SMILES string of the molecule is CCn1c(C(F)F)nc2c(N[C@H]3CCN(C(=O)C4CC(OC)C4)C3)ncnc21. The molecule has 1 aliphatic heterocycles. The van der Waals surface area contributed by atoms with Crippen molar-refractivity contribution < 1.29 is 18.3 Å². The zero-order chi connectivity index (χ0) is 19.8. The maximum absolute atomic E-state index is 13.3. The summed E-state index contributed by atoms with van der Waals surface area (Å²) in [5, 5.41) is 3.28. The fourth-order valence-electron chi connectivity index (χ4n) is 4.03. The molecule has 8 nitrogen and oxygen atoms in total. The van der Waals surface area contributed by atoms with Gasteiger partial charge in [-0.05, 0) is 26.2 Å². The average molecular weight is 394 g/mol. The van der Waals surface area contributed by atoms with E-state index in [9.17, 15) is 13.6 Å². The number of likely N-dealkylation sites (tertiary alicyclic amines) is 1. The number of methoxy groups -OCH3 is 1. The van der Waals surface area contributed by atoms with E-state index in [1.807, 2.05) is 4.90 Å². The maximum atomic E-state index is 13.3. The van der Waals surface area contributed by atoms with Crippen molar-refractivity contribution >= 4 is 22.9 Å². The Morgan fingerprint density at radius 1 is 1.39 bits per heavy atom. The number of carbonyl (C=O) groups is 1. The van der Waals surface area contributed by atoms with Crippen LogP contribution in [-0.2, 0) is 16.1 Å². The zero-order valence-corrected chi connectivity index (χ0v) is 15.9. The number of hydrogen-bond acceptors (Lipinski definition) is 6. The summed E-state index contributed by atoms with van der Waals surface area (Å²) in [5.41, 5.74) is 0.729. The highest BCUT2D eigenvalue weighted by molar-refractivity contribution is 5.84. The predicted octanol–water partition coefficient (Wildman–Crippen LogP) is 2.22. The van der Waals surface area contributed by atoms with Crippen molar-refractivity contribution in [1.29, 1.82) is 0 Å². The van der Waals surface area contributed by atoms with E-state index in [1.54, 1.807) is 14.0 Å². The van der Waals surface area contributed by atoms with Crippen LogP contribution in [0.3, 0.4) is 0 Å². The molecule has 1 N–H and O–H groups in total. The summed E-state index contributed by atoms with van der Waals surface area (Å²) in [6.45, 7) is 3.36. The quantitative estimate of drug-likeness (QED) is 0.809. The second-order valence-corrected chi connectivity index (χ2v) is 7.35. The molecular formula is C18H24F2N6O2. The molecule has 1 saturated heterocycles. The molecule has 1 atom stereocenters. The molecule has 1 saturated carbocycles. The molecule has 2 aliphatic rings. The standard InChI is InChI=1S/C18H24F2N6O2/c1-3-26-16-13(24-17(26)14(19)20)15(21-9-22-16)23-11-4-5-25(8-11)18(27)10-6-12(7-10)28-2/h9-12,14H,3-8H2,1-2H3,(H,21,22,23)/t10?,11-,12?/m0/s1. The Morgan fingerprint density at radius 2 is 2.18 bits per heavy atom. The Kier molecular flexibility index (Phi) is 5.13. The van der Waals surface area contributed by atoms with Gasteiger partial charge < -0.3 is 19.5 Å². The molecule has 10 heteroatoms. The van der Waals surface area contributed by atoms with Gasteiger partial charge in [0.25, 0.3) is 6.43 Å². The third-order valence-corrected chi connectivity index (χ3v) is 5.69. The number of rotatable bonds is 6. The smallest absolute Gasteiger partial charge is 0.295 e. The lowest BCUT2D eigenvalue weighted by Gasteiger charge is -2.35. The summed E-state index contributed by atoms with van der Waals surface area (Å²) in [6, 6.07) is 0.00197. The number of aryl methyl sites for hydroxylation is 1. The minimum Gasteiger partial charge on any atom is -0.381 e. The predicted molar refractivity (Wildman–Crippen MR) is 98.1 cm³/mol. The number of nitrogens with zero attached hydrogens (tertiary/aromatic N) is 5. The second-order valence-electron chi connectivity index (χ2n) is 7.35. The number of anilines is 1. The van der Waals surface area contributed by atoms with E-state index in [4.69, 9.17) is 4.74 Å². The summed E-state index contributed by atoms with van der Waals surface area (Å²) < 4.78 is 33.2. The van der Waals surface area contributed by atoms with Crippen LogP contribution in [0.4, 0.5) is 14.6 Å². The number of aromatic nitrogens is 4. The molecule has 2 fully saturated rings. The van der Waals surface area contributed by atoms with Gasteiger partial charge in [0.2, 0.25) is 5.91 Å². The van der Waals surface area contributed by atoms with Crippen LogP contribution in [0.15, 0.2) is 6.33 Å². The fourth-order valence-corrected chi connectivity index (χ4v) is 4.03. The lowest BCUT2D eigenvalue weighted by molar-refractivity contribution is -0.142. The first-order valence-electron chi connectivity index (χ1n) is 9.59. The molecule has 3 heterocycles. The van der Waals surface area contributed by atoms with Crippen LogP contribution in [-0.4, -0.2) is 62.7 Å². The Labute approximate surface area is 161 Å². The summed E-state index contributed by atoms with van der Waals surface area (Å²) in [7, 11) is 1.67. The average Bonchev–Trinajstić information content (AvgIpc) is 3.25. The molecule has 2 aromatic rings. The second kappa shape index (κ2) is 7.57. The van der Waals surface area contributed by atoms with Gasteiger partial charge in [-0.1, -0.05) is 0 Å². The summed E-state index contributed by atoms with van der Waals surface area (Å²) in [5.74, 6) is 0.340. The minimum atomic E-state index is -2.68. The topological polar surface area (TPSA) is 85.2 Å². The third-order valence-electron chi connectivity index (χ3n) is 5.69. The highest BCUT2D eigenvalue weighted by Gasteiger charge is 2.39. The number of halogens is 2. The number of ether oxygens (including phenoxy) is 1. The summed E-state index contributed by atoms with van der Waals surface area (Å²) >= 11 is 0. The number of carbonyl (C=O) groups excluding carboxylic acids is 1. The van der Waals surface area contributed by atoms with Crippen molar-refractivity contribution in [2.45, 2.75) is 51.3 Å². The monoisotopic (exact) mass is 394 g/mol.